The van der Waals surface area contributed by atoms with E-state index in [1.54, 1.807) is 48.5 Å². The van der Waals surface area contributed by atoms with Gasteiger partial charge in [-0.05, 0) is 95.5 Å². The van der Waals surface area contributed by atoms with Crippen LogP contribution in [-0.4, -0.2) is 31.1 Å². The highest BCUT2D eigenvalue weighted by molar-refractivity contribution is 9.10. The first-order valence-electron chi connectivity index (χ1n) is 11.8. The molecule has 0 atom stereocenters. The van der Waals surface area contributed by atoms with Gasteiger partial charge in [0.2, 0.25) is 0 Å². The monoisotopic (exact) mass is 598 g/mol. The van der Waals surface area contributed by atoms with Gasteiger partial charge in [0.15, 0.2) is 11.5 Å². The van der Waals surface area contributed by atoms with Gasteiger partial charge in [0.1, 0.15) is 17.9 Å². The highest BCUT2D eigenvalue weighted by Crippen LogP contribution is 2.38. The molecule has 10 heteroatoms. The van der Waals surface area contributed by atoms with Gasteiger partial charge >= 0.3 is 6.03 Å². The van der Waals surface area contributed by atoms with Crippen molar-refractivity contribution < 1.29 is 28.6 Å². The molecule has 0 bridgehead atoms. The molecular formula is C28H24BrClN2O6. The summed E-state index contributed by atoms with van der Waals surface area (Å²) in [5, 5.41) is 2.83. The summed E-state index contributed by atoms with van der Waals surface area (Å²) in [5.41, 5.74) is 1.47. The summed E-state index contributed by atoms with van der Waals surface area (Å²) in [6.45, 7) is 4.77. The Labute approximate surface area is 233 Å². The fraction of sp³-hybridized carbons (Fsp3) is 0.179. The molecule has 3 aromatic rings. The van der Waals surface area contributed by atoms with E-state index < -0.39 is 17.8 Å². The van der Waals surface area contributed by atoms with Gasteiger partial charge < -0.3 is 14.2 Å². The van der Waals surface area contributed by atoms with E-state index in [0.717, 1.165) is 10.5 Å². The number of ether oxygens (including phenoxy) is 3. The van der Waals surface area contributed by atoms with Crippen molar-refractivity contribution >= 4 is 57.1 Å². The van der Waals surface area contributed by atoms with E-state index >= 15 is 0 Å². The van der Waals surface area contributed by atoms with Crippen molar-refractivity contribution in [3.05, 3.63) is 86.9 Å². The molecule has 0 aliphatic carbocycles. The molecule has 1 heterocycles. The molecule has 4 rings (SSSR count). The maximum atomic E-state index is 13.3. The van der Waals surface area contributed by atoms with Crippen molar-refractivity contribution in [2.75, 3.05) is 18.1 Å². The molecule has 8 nitrogen and oxygen atoms in total. The summed E-state index contributed by atoms with van der Waals surface area (Å²) in [4.78, 5) is 39.4. The Bertz CT molecular complexity index is 1410. The Kier molecular flexibility index (Phi) is 8.70. The quantitative estimate of drug-likeness (QED) is 0.234. The third kappa shape index (κ3) is 6.17. The second kappa shape index (κ2) is 12.1. The SMILES string of the molecule is CCOc1ccc(N2C(=O)NC(=O)/C(=C\c3cc(Br)c(OCc4cccc(Cl)c4)c(OCC)c3)C2=O)cc1. The molecule has 0 radical (unpaired) electrons. The van der Waals surface area contributed by atoms with Crippen LogP contribution in [-0.2, 0) is 16.2 Å². The van der Waals surface area contributed by atoms with Crippen molar-refractivity contribution in [2.24, 2.45) is 0 Å². The molecule has 0 spiro atoms. The van der Waals surface area contributed by atoms with E-state index in [0.29, 0.717) is 51.2 Å². The number of rotatable bonds is 9. The molecule has 3 aromatic carbocycles. The number of hydrogen-bond acceptors (Lipinski definition) is 6. The van der Waals surface area contributed by atoms with E-state index in [1.165, 1.54) is 6.08 Å². The lowest BCUT2D eigenvalue weighted by atomic mass is 10.1. The van der Waals surface area contributed by atoms with Crippen LogP contribution in [0.3, 0.4) is 0 Å². The number of barbiturate groups is 1. The zero-order chi connectivity index (χ0) is 27.2. The molecule has 1 aliphatic heterocycles. The van der Waals surface area contributed by atoms with Crippen LogP contribution in [0.4, 0.5) is 10.5 Å². The van der Waals surface area contributed by atoms with Crippen LogP contribution in [0.2, 0.25) is 5.02 Å². The van der Waals surface area contributed by atoms with Crippen LogP contribution in [0, 0.1) is 0 Å². The van der Waals surface area contributed by atoms with E-state index in [9.17, 15) is 14.4 Å². The average Bonchev–Trinajstić information content (AvgIpc) is 2.87. The predicted octanol–water partition coefficient (Wildman–Crippen LogP) is 6.15. The lowest BCUT2D eigenvalue weighted by Crippen LogP contribution is -2.54. The number of carbonyl (C=O) groups excluding carboxylic acids is 3. The van der Waals surface area contributed by atoms with Gasteiger partial charge in [-0.3, -0.25) is 14.9 Å². The Hall–Kier alpha value is -3.82. The highest BCUT2D eigenvalue weighted by atomic mass is 79.9. The Morgan fingerprint density at radius 1 is 0.947 bits per heavy atom. The summed E-state index contributed by atoms with van der Waals surface area (Å²) >= 11 is 9.57. The molecule has 0 aromatic heterocycles. The van der Waals surface area contributed by atoms with Crippen LogP contribution in [0.25, 0.3) is 6.08 Å². The zero-order valence-electron chi connectivity index (χ0n) is 20.6. The van der Waals surface area contributed by atoms with Crippen molar-refractivity contribution in [1.82, 2.24) is 5.32 Å². The maximum Gasteiger partial charge on any atom is 0.335 e. The number of nitrogens with zero attached hydrogens (tertiary/aromatic N) is 1. The van der Waals surface area contributed by atoms with Gasteiger partial charge in [-0.1, -0.05) is 23.7 Å². The first-order chi connectivity index (χ1) is 18.3. The van der Waals surface area contributed by atoms with Gasteiger partial charge in [0, 0.05) is 5.02 Å². The number of imide groups is 2. The largest absolute Gasteiger partial charge is 0.494 e. The van der Waals surface area contributed by atoms with E-state index in [-0.39, 0.29) is 12.2 Å². The maximum absolute atomic E-state index is 13.3. The third-order valence-corrected chi connectivity index (χ3v) is 6.25. The van der Waals surface area contributed by atoms with Crippen LogP contribution >= 0.6 is 27.5 Å². The first-order valence-corrected chi connectivity index (χ1v) is 13.0. The smallest absolute Gasteiger partial charge is 0.335 e. The number of nitrogens with one attached hydrogen (secondary N) is 1. The number of anilines is 1. The van der Waals surface area contributed by atoms with Crippen LogP contribution in [0.15, 0.2) is 70.7 Å². The van der Waals surface area contributed by atoms with Gasteiger partial charge in [-0.25, -0.2) is 9.69 Å². The minimum absolute atomic E-state index is 0.208. The lowest BCUT2D eigenvalue weighted by molar-refractivity contribution is -0.122. The molecule has 38 heavy (non-hydrogen) atoms. The number of benzene rings is 3. The fourth-order valence-electron chi connectivity index (χ4n) is 3.77. The molecule has 1 fully saturated rings. The number of hydrogen-bond donors (Lipinski definition) is 1. The summed E-state index contributed by atoms with van der Waals surface area (Å²) in [6.07, 6.45) is 1.40. The minimum atomic E-state index is -0.831. The second-order valence-corrected chi connectivity index (χ2v) is 9.36. The molecule has 1 N–H and O–H groups in total. The molecule has 0 saturated carbocycles. The lowest BCUT2D eigenvalue weighted by Gasteiger charge is -2.26. The Morgan fingerprint density at radius 3 is 2.37 bits per heavy atom. The van der Waals surface area contributed by atoms with E-state index in [2.05, 4.69) is 21.2 Å². The molecule has 4 amide bonds. The molecule has 0 unspecified atom stereocenters. The summed E-state index contributed by atoms with van der Waals surface area (Å²) in [7, 11) is 0. The number of amides is 4. The van der Waals surface area contributed by atoms with Gasteiger partial charge in [0.25, 0.3) is 11.8 Å². The van der Waals surface area contributed by atoms with Gasteiger partial charge in [-0.15, -0.1) is 0 Å². The molecular weight excluding hydrogens is 576 g/mol. The topological polar surface area (TPSA) is 94.2 Å². The number of halogens is 2. The third-order valence-electron chi connectivity index (χ3n) is 5.42. The Balaban J connectivity index is 1.63. The van der Waals surface area contributed by atoms with E-state index in [1.807, 2.05) is 26.0 Å². The van der Waals surface area contributed by atoms with Crippen molar-refractivity contribution in [2.45, 2.75) is 20.5 Å². The van der Waals surface area contributed by atoms with Crippen molar-refractivity contribution in [1.29, 1.82) is 0 Å². The standard InChI is InChI=1S/C28H24BrClN2O6/c1-3-36-21-10-8-20(9-11-21)32-27(34)22(26(33)31-28(32)35)13-18-14-23(29)25(24(15-18)37-4-2)38-16-17-6-5-7-19(30)12-17/h5-15H,3-4,16H2,1-2H3,(H,31,33,35)/b22-13+. The molecule has 1 aliphatic rings. The first kappa shape index (κ1) is 27.2. The van der Waals surface area contributed by atoms with E-state index in [4.69, 9.17) is 25.8 Å². The normalized spacial score (nSPS) is 14.5. The van der Waals surface area contributed by atoms with Gasteiger partial charge in [-0.2, -0.15) is 0 Å². The zero-order valence-corrected chi connectivity index (χ0v) is 23.0. The predicted molar refractivity (Wildman–Crippen MR) is 148 cm³/mol. The summed E-state index contributed by atoms with van der Waals surface area (Å²) in [5.74, 6) is -0.0757. The summed E-state index contributed by atoms with van der Waals surface area (Å²) < 4.78 is 17.8. The van der Waals surface area contributed by atoms with Crippen LogP contribution in [0.5, 0.6) is 17.2 Å². The number of carbonyl (C=O) groups is 3. The number of urea groups is 1. The summed E-state index contributed by atoms with van der Waals surface area (Å²) in [6, 6.07) is 16.3. The fourth-order valence-corrected chi connectivity index (χ4v) is 4.56. The van der Waals surface area contributed by atoms with Crippen molar-refractivity contribution in [3.63, 3.8) is 0 Å². The van der Waals surface area contributed by atoms with Gasteiger partial charge in [0.05, 0.1) is 23.4 Å². The molecule has 196 valence electrons. The van der Waals surface area contributed by atoms with Crippen LogP contribution in [0.1, 0.15) is 25.0 Å². The highest BCUT2D eigenvalue weighted by Gasteiger charge is 2.37. The second-order valence-electron chi connectivity index (χ2n) is 8.07. The molecule has 1 saturated heterocycles. The van der Waals surface area contributed by atoms with Crippen molar-refractivity contribution in [3.8, 4) is 17.2 Å². The Morgan fingerprint density at radius 2 is 1.68 bits per heavy atom. The minimum Gasteiger partial charge on any atom is -0.494 e. The van der Waals surface area contributed by atoms with Crippen LogP contribution < -0.4 is 24.4 Å². The average molecular weight is 600 g/mol.